The minimum atomic E-state index is -2.34. The van der Waals surface area contributed by atoms with Crippen molar-refractivity contribution in [1.29, 1.82) is 0 Å². The van der Waals surface area contributed by atoms with Gasteiger partial charge in [-0.3, -0.25) is 25.2 Å². The lowest BCUT2D eigenvalue weighted by atomic mass is 9.95. The van der Waals surface area contributed by atoms with Gasteiger partial charge in [0.05, 0.1) is 11.1 Å². The molecule has 230 valence electrons. The fraction of sp³-hybridized carbons (Fsp3) is 0.200. The van der Waals surface area contributed by atoms with Gasteiger partial charge in [0, 0.05) is 26.7 Å². The average Bonchev–Trinajstić information content (AvgIpc) is 2.97. The molecule has 4 N–H and O–H groups in total. The van der Waals surface area contributed by atoms with Gasteiger partial charge in [-0.15, -0.1) is 0 Å². The molecule has 0 radical (unpaired) electrons. The van der Waals surface area contributed by atoms with Crippen LogP contribution in [-0.4, -0.2) is 52.9 Å². The Morgan fingerprint density at radius 3 is 1.52 bits per heavy atom. The number of aliphatic carboxylic acids is 1. The van der Waals surface area contributed by atoms with Crippen LogP contribution in [0.4, 0.5) is 5.69 Å². The van der Waals surface area contributed by atoms with Gasteiger partial charge in [0.1, 0.15) is 0 Å². The van der Waals surface area contributed by atoms with Crippen LogP contribution >= 0.6 is 23.2 Å². The molecule has 0 saturated carbocycles. The van der Waals surface area contributed by atoms with Gasteiger partial charge in [-0.05, 0) is 72.8 Å². The van der Waals surface area contributed by atoms with Gasteiger partial charge in [0.25, 0.3) is 11.8 Å². The summed E-state index contributed by atoms with van der Waals surface area (Å²) in [6.07, 6.45) is -4.60. The second-order valence-electron chi connectivity index (χ2n) is 10.2. The summed E-state index contributed by atoms with van der Waals surface area (Å²) in [5, 5.41) is 13.1. The van der Waals surface area contributed by atoms with E-state index >= 15 is 0 Å². The third-order valence-corrected chi connectivity index (χ3v) is 6.29. The molecule has 3 rings (SSSR count). The smallest absolute Gasteiger partial charge is 0.349 e. The topological polar surface area (TPSA) is 177 Å². The van der Waals surface area contributed by atoms with Crippen LogP contribution in [0.25, 0.3) is 0 Å². The molecule has 3 aromatic rings. The SMILES string of the molecule is CC(C)(C)C(=O)Nc1ccc(C(=O)NNC(=O)[C@@H](OC(=O)c2ccc(Cl)cc2)[C@@H](OC(=O)c2ccc(Cl)cc2)C(=O)O)cc1. The standard InChI is InChI=1S/C30H27Cl2N3O9/c1-30(2,3)29(42)33-21-14-8-16(9-15-21)24(36)34-35-25(37)22(43-27(40)17-4-10-19(31)11-5-17)23(26(38)39)44-28(41)18-6-12-20(32)13-7-18/h4-15,22-23H,1-3H3,(H,33,42)(H,34,36)(H,35,37)(H,38,39)/t22-,23+/m0/s1. The van der Waals surface area contributed by atoms with Crippen LogP contribution in [0.3, 0.4) is 0 Å². The fourth-order valence-electron chi connectivity index (χ4n) is 3.32. The van der Waals surface area contributed by atoms with Crippen molar-refractivity contribution in [3.63, 3.8) is 0 Å². The number of carbonyl (C=O) groups is 6. The molecule has 0 spiro atoms. The van der Waals surface area contributed by atoms with Gasteiger partial charge in [0.2, 0.25) is 18.1 Å². The van der Waals surface area contributed by atoms with Gasteiger partial charge in [-0.2, -0.15) is 0 Å². The maximum absolute atomic E-state index is 13.1. The second-order valence-corrected chi connectivity index (χ2v) is 11.1. The molecular weight excluding hydrogens is 617 g/mol. The lowest BCUT2D eigenvalue weighted by Gasteiger charge is -2.23. The van der Waals surface area contributed by atoms with Crippen LogP contribution in [0.2, 0.25) is 10.0 Å². The van der Waals surface area contributed by atoms with E-state index in [0.717, 1.165) is 0 Å². The summed E-state index contributed by atoms with van der Waals surface area (Å²) in [4.78, 5) is 75.6. The normalized spacial score (nSPS) is 12.2. The Hall–Kier alpha value is -4.94. The van der Waals surface area contributed by atoms with Crippen molar-refractivity contribution in [2.45, 2.75) is 33.0 Å². The van der Waals surface area contributed by atoms with Crippen LogP contribution in [0.1, 0.15) is 51.8 Å². The van der Waals surface area contributed by atoms with Crippen LogP contribution in [0, 0.1) is 5.41 Å². The predicted octanol–water partition coefficient (Wildman–Crippen LogP) is 4.27. The summed E-state index contributed by atoms with van der Waals surface area (Å²) >= 11 is 11.7. The van der Waals surface area contributed by atoms with Crippen molar-refractivity contribution in [2.75, 3.05) is 5.32 Å². The molecule has 0 aromatic heterocycles. The van der Waals surface area contributed by atoms with Crippen LogP contribution < -0.4 is 16.2 Å². The molecule has 0 fully saturated rings. The summed E-state index contributed by atoms with van der Waals surface area (Å²) in [5.74, 6) is -6.53. The number of carboxylic acid groups (broad SMARTS) is 1. The molecule has 0 aliphatic rings. The summed E-state index contributed by atoms with van der Waals surface area (Å²) in [6, 6.07) is 16.2. The highest BCUT2D eigenvalue weighted by Gasteiger charge is 2.41. The van der Waals surface area contributed by atoms with Gasteiger partial charge in [-0.25, -0.2) is 14.4 Å². The zero-order valence-corrected chi connectivity index (χ0v) is 25.1. The number of rotatable bonds is 9. The van der Waals surface area contributed by atoms with Gasteiger partial charge in [-0.1, -0.05) is 44.0 Å². The number of anilines is 1. The maximum atomic E-state index is 13.1. The molecule has 0 aliphatic carbocycles. The van der Waals surface area contributed by atoms with E-state index < -0.39 is 47.3 Å². The van der Waals surface area contributed by atoms with Crippen molar-refractivity contribution < 1.29 is 43.3 Å². The molecule has 0 bridgehead atoms. The van der Waals surface area contributed by atoms with Crippen LogP contribution in [0.5, 0.6) is 0 Å². The number of hydrogen-bond donors (Lipinski definition) is 4. The number of carbonyl (C=O) groups excluding carboxylic acids is 5. The average molecular weight is 644 g/mol. The first-order valence-electron chi connectivity index (χ1n) is 12.8. The Morgan fingerprint density at radius 1 is 0.659 bits per heavy atom. The highest BCUT2D eigenvalue weighted by atomic mass is 35.5. The summed E-state index contributed by atoms with van der Waals surface area (Å²) < 4.78 is 10.2. The largest absolute Gasteiger partial charge is 0.478 e. The summed E-state index contributed by atoms with van der Waals surface area (Å²) in [7, 11) is 0. The third kappa shape index (κ3) is 9.28. The maximum Gasteiger partial charge on any atom is 0.349 e. The molecule has 14 heteroatoms. The number of ether oxygens (including phenoxy) is 2. The number of esters is 2. The lowest BCUT2D eigenvalue weighted by molar-refractivity contribution is -0.159. The molecule has 3 amide bonds. The number of halogens is 2. The van der Waals surface area contributed by atoms with E-state index in [-0.39, 0.29) is 22.6 Å². The monoisotopic (exact) mass is 643 g/mol. The molecule has 0 heterocycles. The number of amides is 3. The van der Waals surface area contributed by atoms with E-state index in [1.165, 1.54) is 72.8 Å². The number of hydrogen-bond acceptors (Lipinski definition) is 8. The van der Waals surface area contributed by atoms with Crippen LogP contribution in [-0.2, 0) is 23.9 Å². The molecule has 3 aromatic carbocycles. The Kier molecular flexibility index (Phi) is 11.1. The molecule has 12 nitrogen and oxygen atoms in total. The van der Waals surface area contributed by atoms with Gasteiger partial charge >= 0.3 is 17.9 Å². The van der Waals surface area contributed by atoms with E-state index in [4.69, 9.17) is 32.7 Å². The van der Waals surface area contributed by atoms with E-state index in [0.29, 0.717) is 15.7 Å². The second kappa shape index (κ2) is 14.5. The van der Waals surface area contributed by atoms with Crippen molar-refractivity contribution in [3.8, 4) is 0 Å². The van der Waals surface area contributed by atoms with Crippen molar-refractivity contribution in [3.05, 3.63) is 99.5 Å². The number of benzene rings is 3. The quantitative estimate of drug-likeness (QED) is 0.196. The van der Waals surface area contributed by atoms with Crippen molar-refractivity contribution in [2.24, 2.45) is 5.41 Å². The minimum Gasteiger partial charge on any atom is -0.478 e. The molecule has 44 heavy (non-hydrogen) atoms. The lowest BCUT2D eigenvalue weighted by Crippen LogP contribution is -2.54. The summed E-state index contributed by atoms with van der Waals surface area (Å²) in [5.41, 5.74) is 3.71. The molecule has 0 saturated heterocycles. The number of nitrogens with one attached hydrogen (secondary N) is 3. The fourth-order valence-corrected chi connectivity index (χ4v) is 3.57. The van der Waals surface area contributed by atoms with E-state index in [1.807, 2.05) is 5.43 Å². The Morgan fingerprint density at radius 2 is 1.09 bits per heavy atom. The van der Waals surface area contributed by atoms with E-state index in [2.05, 4.69) is 10.7 Å². The highest BCUT2D eigenvalue weighted by molar-refractivity contribution is 6.31. The first-order valence-corrected chi connectivity index (χ1v) is 13.6. The van der Waals surface area contributed by atoms with Crippen molar-refractivity contribution >= 4 is 64.5 Å². The molecular formula is C30H27Cl2N3O9. The first-order chi connectivity index (χ1) is 20.6. The minimum absolute atomic E-state index is 0.0534. The third-order valence-electron chi connectivity index (χ3n) is 5.79. The molecule has 0 unspecified atom stereocenters. The molecule has 2 atom stereocenters. The first kappa shape index (κ1) is 33.6. The Balaban J connectivity index is 1.79. The number of hydrazine groups is 1. The Bertz CT molecular complexity index is 1550. The predicted molar refractivity (Wildman–Crippen MR) is 159 cm³/mol. The van der Waals surface area contributed by atoms with Gasteiger partial charge < -0.3 is 19.9 Å². The zero-order chi connectivity index (χ0) is 32.6. The van der Waals surface area contributed by atoms with E-state index in [9.17, 15) is 33.9 Å². The number of carboxylic acids is 1. The van der Waals surface area contributed by atoms with E-state index in [1.54, 1.807) is 20.8 Å². The Labute approximate surface area is 261 Å². The van der Waals surface area contributed by atoms with Gasteiger partial charge in [0.15, 0.2) is 0 Å². The molecule has 0 aliphatic heterocycles. The summed E-state index contributed by atoms with van der Waals surface area (Å²) in [6.45, 7) is 5.21. The zero-order valence-electron chi connectivity index (χ0n) is 23.6. The van der Waals surface area contributed by atoms with Crippen LogP contribution in [0.15, 0.2) is 72.8 Å². The van der Waals surface area contributed by atoms with Crippen molar-refractivity contribution in [1.82, 2.24) is 10.9 Å². The highest BCUT2D eigenvalue weighted by Crippen LogP contribution is 2.19.